The van der Waals surface area contributed by atoms with E-state index in [9.17, 15) is 0 Å². The summed E-state index contributed by atoms with van der Waals surface area (Å²) in [6.07, 6.45) is 50.6. The number of hydrogen-bond donors (Lipinski definition) is 0. The van der Waals surface area contributed by atoms with E-state index in [1.807, 2.05) is 0 Å². The summed E-state index contributed by atoms with van der Waals surface area (Å²) < 4.78 is 0. The maximum absolute atomic E-state index is 2.52. The molecule has 0 atom stereocenters. The Bertz CT molecular complexity index is 1490. The Morgan fingerprint density at radius 2 is 1.50 bits per heavy atom. The van der Waals surface area contributed by atoms with Gasteiger partial charge in [-0.2, -0.15) is 0 Å². The van der Waals surface area contributed by atoms with Crippen molar-refractivity contribution in [2.75, 3.05) is 0 Å². The van der Waals surface area contributed by atoms with E-state index in [4.69, 9.17) is 0 Å². The van der Waals surface area contributed by atoms with Crippen LogP contribution in [0, 0.1) is 5.92 Å². The second-order valence-electron chi connectivity index (χ2n) is 11.7. The lowest BCUT2D eigenvalue weighted by Gasteiger charge is -2.18. The molecule has 7 aliphatic rings. The topological polar surface area (TPSA) is 0 Å². The van der Waals surface area contributed by atoms with Crippen molar-refractivity contribution in [3.63, 3.8) is 0 Å². The standard InChI is InChI=1S/C38H36/c1-2-9-27(8-1)18-30-20-31(19-28-10-5-11-28)23-35(24-34(22-30)32-14-3-4-15-32)36-25-37(21-29-12-6-13-29)38(26-36)33-16-7-17-33/h3-7,10,12-14,16-17,19-20,22-24,26-27H,1-2,8-9,11,15,18,21,25H2/b28-19+,30-20?,30-22?,31-20?,31-23?,34-22?,34-24?,35-23?,35-24?. The predicted molar refractivity (Wildman–Crippen MR) is 161 cm³/mol. The van der Waals surface area contributed by atoms with Gasteiger partial charge in [0.2, 0.25) is 0 Å². The lowest BCUT2D eigenvalue weighted by Crippen LogP contribution is -2.00. The van der Waals surface area contributed by atoms with Crippen molar-refractivity contribution in [3.05, 3.63) is 165 Å². The fourth-order valence-electron chi connectivity index (χ4n) is 6.54. The third-order valence-electron chi connectivity index (χ3n) is 8.88. The SMILES string of the molecule is C1=CCC(C2=CC(CC3CCCC3)=CC(/C=C3\C=CC3)=CC(C3=CC(C4=CC=C4)=C(CC4=CC=C4)C3)=C2)=C1. The van der Waals surface area contributed by atoms with Crippen molar-refractivity contribution >= 4 is 0 Å². The molecule has 0 aliphatic heterocycles. The van der Waals surface area contributed by atoms with E-state index in [0.29, 0.717) is 0 Å². The van der Waals surface area contributed by atoms with E-state index in [0.717, 1.165) is 31.6 Å². The first kappa shape index (κ1) is 23.5. The van der Waals surface area contributed by atoms with Crippen LogP contribution in [0.25, 0.3) is 0 Å². The van der Waals surface area contributed by atoms with Gasteiger partial charge in [0.05, 0.1) is 0 Å². The maximum Gasteiger partial charge on any atom is -0.00484 e. The summed E-state index contributed by atoms with van der Waals surface area (Å²) in [5.74, 6) is 0.834. The van der Waals surface area contributed by atoms with Gasteiger partial charge in [-0.1, -0.05) is 122 Å². The molecule has 188 valence electrons. The normalized spacial score (nSPS) is 25.0. The quantitative estimate of drug-likeness (QED) is 0.316. The van der Waals surface area contributed by atoms with Crippen molar-refractivity contribution in [3.8, 4) is 0 Å². The Labute approximate surface area is 228 Å². The highest BCUT2D eigenvalue weighted by atomic mass is 14.3. The second kappa shape index (κ2) is 10.3. The molecule has 0 radical (unpaired) electrons. The number of allylic oxidation sites excluding steroid dienone is 28. The molecule has 0 nitrogen and oxygen atoms in total. The highest BCUT2D eigenvalue weighted by Crippen LogP contribution is 2.42. The lowest BCUT2D eigenvalue weighted by molar-refractivity contribution is 0.548. The summed E-state index contributed by atoms with van der Waals surface area (Å²) in [6.45, 7) is 0. The summed E-state index contributed by atoms with van der Waals surface area (Å²) >= 11 is 0. The zero-order valence-corrected chi connectivity index (χ0v) is 22.3. The smallest absolute Gasteiger partial charge is 0.00484 e. The molecule has 1 fully saturated rings. The Balaban J connectivity index is 1.27. The van der Waals surface area contributed by atoms with Gasteiger partial charge in [-0.3, -0.25) is 0 Å². The summed E-state index contributed by atoms with van der Waals surface area (Å²) in [5.41, 5.74) is 15.7. The zero-order chi connectivity index (χ0) is 25.3. The average Bonchev–Trinajstić information content (AvgIpc) is 3.57. The minimum absolute atomic E-state index is 0.834. The van der Waals surface area contributed by atoms with Crippen LogP contribution in [0.5, 0.6) is 0 Å². The molecule has 7 rings (SSSR count). The zero-order valence-electron chi connectivity index (χ0n) is 22.3. The summed E-state index contributed by atoms with van der Waals surface area (Å²) in [5, 5.41) is 0. The van der Waals surface area contributed by atoms with E-state index >= 15 is 0 Å². The van der Waals surface area contributed by atoms with Gasteiger partial charge in [-0.25, -0.2) is 0 Å². The van der Waals surface area contributed by atoms with Crippen molar-refractivity contribution in [2.45, 2.75) is 57.8 Å². The van der Waals surface area contributed by atoms with Crippen molar-refractivity contribution in [1.82, 2.24) is 0 Å². The molecule has 0 aromatic rings. The first-order chi connectivity index (χ1) is 18.8. The molecule has 0 saturated heterocycles. The minimum Gasteiger partial charge on any atom is -0.0801 e. The monoisotopic (exact) mass is 492 g/mol. The molecule has 38 heavy (non-hydrogen) atoms. The highest BCUT2D eigenvalue weighted by Gasteiger charge is 2.24. The molecule has 1 saturated carbocycles. The van der Waals surface area contributed by atoms with E-state index in [2.05, 4.69) is 103 Å². The fraction of sp³-hybridized carbons (Fsp3) is 0.263. The van der Waals surface area contributed by atoms with Crippen LogP contribution in [0.3, 0.4) is 0 Å². The first-order valence-corrected chi connectivity index (χ1v) is 14.5. The van der Waals surface area contributed by atoms with Crippen LogP contribution >= 0.6 is 0 Å². The molecule has 7 aliphatic carbocycles. The third kappa shape index (κ3) is 4.93. The Hall–Kier alpha value is -3.64. The van der Waals surface area contributed by atoms with Gasteiger partial charge in [0.1, 0.15) is 0 Å². The first-order valence-electron chi connectivity index (χ1n) is 14.5. The van der Waals surface area contributed by atoms with Crippen LogP contribution in [-0.4, -0.2) is 0 Å². The molecule has 0 bridgehead atoms. The Morgan fingerprint density at radius 3 is 2.16 bits per heavy atom. The molecule has 0 aromatic heterocycles. The van der Waals surface area contributed by atoms with Gasteiger partial charge in [-0.15, -0.1) is 0 Å². The minimum atomic E-state index is 0.834. The van der Waals surface area contributed by atoms with Crippen molar-refractivity contribution in [1.29, 1.82) is 0 Å². The average molecular weight is 493 g/mol. The van der Waals surface area contributed by atoms with Gasteiger partial charge in [0, 0.05) is 0 Å². The van der Waals surface area contributed by atoms with E-state index in [1.165, 1.54) is 87.8 Å². The predicted octanol–water partition coefficient (Wildman–Crippen LogP) is 10.1. The fourth-order valence-corrected chi connectivity index (χ4v) is 6.54. The molecule has 0 spiro atoms. The van der Waals surface area contributed by atoms with E-state index in [1.54, 1.807) is 5.57 Å². The molecular formula is C38H36. The van der Waals surface area contributed by atoms with Gasteiger partial charge in [0.15, 0.2) is 0 Å². The van der Waals surface area contributed by atoms with E-state index < -0.39 is 0 Å². The van der Waals surface area contributed by atoms with Crippen LogP contribution in [0.15, 0.2) is 165 Å². The van der Waals surface area contributed by atoms with Crippen LogP contribution in [0.2, 0.25) is 0 Å². The summed E-state index contributed by atoms with van der Waals surface area (Å²) in [7, 11) is 0. The third-order valence-corrected chi connectivity index (χ3v) is 8.88. The van der Waals surface area contributed by atoms with Gasteiger partial charge in [-0.05, 0) is 106 Å². The number of rotatable bonds is 8. The largest absolute Gasteiger partial charge is 0.0801 e. The van der Waals surface area contributed by atoms with Gasteiger partial charge < -0.3 is 0 Å². The van der Waals surface area contributed by atoms with Crippen LogP contribution in [0.4, 0.5) is 0 Å². The molecule has 0 N–H and O–H groups in total. The van der Waals surface area contributed by atoms with Crippen LogP contribution < -0.4 is 0 Å². The van der Waals surface area contributed by atoms with Gasteiger partial charge >= 0.3 is 0 Å². The Kier molecular flexibility index (Phi) is 6.34. The van der Waals surface area contributed by atoms with Crippen LogP contribution in [0.1, 0.15) is 57.8 Å². The van der Waals surface area contributed by atoms with Gasteiger partial charge in [0.25, 0.3) is 0 Å². The number of hydrogen-bond acceptors (Lipinski definition) is 0. The van der Waals surface area contributed by atoms with Crippen LogP contribution in [-0.2, 0) is 0 Å². The Morgan fingerprint density at radius 1 is 0.684 bits per heavy atom. The summed E-state index contributed by atoms with van der Waals surface area (Å²) in [6, 6.07) is 0. The maximum atomic E-state index is 2.52. The molecule has 0 heterocycles. The molecule has 0 amide bonds. The molecule has 0 unspecified atom stereocenters. The summed E-state index contributed by atoms with van der Waals surface area (Å²) in [4.78, 5) is 0. The van der Waals surface area contributed by atoms with Crippen molar-refractivity contribution < 1.29 is 0 Å². The molecular weight excluding hydrogens is 456 g/mol. The molecule has 0 heteroatoms. The van der Waals surface area contributed by atoms with Crippen molar-refractivity contribution in [2.24, 2.45) is 5.92 Å². The highest BCUT2D eigenvalue weighted by molar-refractivity contribution is 5.67. The van der Waals surface area contributed by atoms with E-state index in [-0.39, 0.29) is 0 Å². The lowest BCUT2D eigenvalue weighted by atomic mass is 9.87. The second-order valence-corrected chi connectivity index (χ2v) is 11.7. The molecule has 0 aromatic carbocycles.